The largest absolute Gasteiger partial charge is 0.306 e. The van der Waals surface area contributed by atoms with E-state index < -0.39 is 0 Å². The SMILES string of the molecule is CCNC(c1ccc(Cl)c(Br)c1)c1ccc(C(C)(C)C)s1. The average molecular weight is 387 g/mol. The monoisotopic (exact) mass is 385 g/mol. The zero-order valence-electron chi connectivity index (χ0n) is 12.8. The summed E-state index contributed by atoms with van der Waals surface area (Å²) in [7, 11) is 0. The maximum absolute atomic E-state index is 6.11. The Balaban J connectivity index is 2.38. The number of rotatable bonds is 4. The minimum Gasteiger partial charge on any atom is -0.306 e. The van der Waals surface area contributed by atoms with E-state index in [9.17, 15) is 0 Å². The Morgan fingerprint density at radius 2 is 1.95 bits per heavy atom. The van der Waals surface area contributed by atoms with Crippen LogP contribution in [0.15, 0.2) is 34.8 Å². The van der Waals surface area contributed by atoms with Gasteiger partial charge in [-0.15, -0.1) is 11.3 Å². The molecular weight excluding hydrogens is 366 g/mol. The van der Waals surface area contributed by atoms with Gasteiger partial charge in [-0.2, -0.15) is 0 Å². The van der Waals surface area contributed by atoms with Gasteiger partial charge in [0.25, 0.3) is 0 Å². The molecule has 0 aliphatic rings. The third-order valence-electron chi connectivity index (χ3n) is 3.34. The number of benzene rings is 1. The molecule has 1 aromatic carbocycles. The molecular formula is C17H21BrClNS. The van der Waals surface area contributed by atoms with Gasteiger partial charge in [-0.1, -0.05) is 45.4 Å². The summed E-state index contributed by atoms with van der Waals surface area (Å²) >= 11 is 11.5. The van der Waals surface area contributed by atoms with E-state index in [4.69, 9.17) is 11.6 Å². The molecule has 1 N–H and O–H groups in total. The molecule has 0 saturated carbocycles. The van der Waals surface area contributed by atoms with Crippen LogP contribution in [0, 0.1) is 0 Å². The van der Waals surface area contributed by atoms with Crippen molar-refractivity contribution < 1.29 is 0 Å². The van der Waals surface area contributed by atoms with Crippen LogP contribution in [0.2, 0.25) is 5.02 Å². The first-order valence-corrected chi connectivity index (χ1v) is 9.10. The number of hydrogen-bond donors (Lipinski definition) is 1. The fourth-order valence-corrected chi connectivity index (χ4v) is 3.87. The Labute approximate surface area is 144 Å². The number of hydrogen-bond acceptors (Lipinski definition) is 2. The molecule has 2 aromatic rings. The second-order valence-electron chi connectivity index (χ2n) is 6.12. The van der Waals surface area contributed by atoms with Crippen LogP contribution in [0.5, 0.6) is 0 Å². The second-order valence-corrected chi connectivity index (χ2v) is 8.49. The number of nitrogens with one attached hydrogen (secondary N) is 1. The molecule has 0 aliphatic heterocycles. The van der Waals surface area contributed by atoms with E-state index in [1.54, 1.807) is 0 Å². The molecule has 0 aliphatic carbocycles. The van der Waals surface area contributed by atoms with Crippen molar-refractivity contribution in [1.82, 2.24) is 5.32 Å². The van der Waals surface area contributed by atoms with E-state index in [0.717, 1.165) is 16.0 Å². The minimum absolute atomic E-state index is 0.195. The lowest BCUT2D eigenvalue weighted by molar-refractivity contribution is 0.604. The summed E-state index contributed by atoms with van der Waals surface area (Å²) in [4.78, 5) is 2.75. The molecule has 21 heavy (non-hydrogen) atoms. The molecule has 0 amide bonds. The molecule has 1 nitrogen and oxygen atoms in total. The van der Waals surface area contributed by atoms with Crippen molar-refractivity contribution in [2.45, 2.75) is 39.2 Å². The summed E-state index contributed by atoms with van der Waals surface area (Å²) in [5.41, 5.74) is 1.43. The lowest BCUT2D eigenvalue weighted by Crippen LogP contribution is -2.21. The molecule has 0 bridgehead atoms. The third kappa shape index (κ3) is 4.10. The van der Waals surface area contributed by atoms with Gasteiger partial charge in [0, 0.05) is 14.2 Å². The van der Waals surface area contributed by atoms with Gasteiger partial charge in [0.2, 0.25) is 0 Å². The molecule has 1 aromatic heterocycles. The molecule has 114 valence electrons. The molecule has 1 unspecified atom stereocenters. The zero-order chi connectivity index (χ0) is 15.6. The van der Waals surface area contributed by atoms with Crippen molar-refractivity contribution in [3.05, 3.63) is 55.1 Å². The normalized spacial score (nSPS) is 13.4. The van der Waals surface area contributed by atoms with E-state index in [1.807, 2.05) is 17.4 Å². The predicted octanol–water partition coefficient (Wildman–Crippen LogP) is 6.16. The molecule has 0 saturated heterocycles. The van der Waals surface area contributed by atoms with Crippen molar-refractivity contribution in [2.75, 3.05) is 6.54 Å². The highest BCUT2D eigenvalue weighted by atomic mass is 79.9. The first kappa shape index (κ1) is 17.0. The highest BCUT2D eigenvalue weighted by Gasteiger charge is 2.21. The van der Waals surface area contributed by atoms with Crippen LogP contribution in [0.1, 0.15) is 49.1 Å². The Morgan fingerprint density at radius 1 is 1.24 bits per heavy atom. The van der Waals surface area contributed by atoms with Gasteiger partial charge in [-0.3, -0.25) is 0 Å². The Bertz CT molecular complexity index is 615. The fourth-order valence-electron chi connectivity index (χ4n) is 2.19. The molecule has 4 heteroatoms. The van der Waals surface area contributed by atoms with Gasteiger partial charge in [0.15, 0.2) is 0 Å². The van der Waals surface area contributed by atoms with Crippen LogP contribution in [-0.2, 0) is 5.41 Å². The van der Waals surface area contributed by atoms with Gasteiger partial charge in [-0.25, -0.2) is 0 Å². The first-order valence-electron chi connectivity index (χ1n) is 7.11. The van der Waals surface area contributed by atoms with Gasteiger partial charge < -0.3 is 5.32 Å². The lowest BCUT2D eigenvalue weighted by atomic mass is 9.95. The highest BCUT2D eigenvalue weighted by Crippen LogP contribution is 2.36. The summed E-state index contributed by atoms with van der Waals surface area (Å²) in [5, 5.41) is 4.32. The molecule has 2 rings (SSSR count). The van der Waals surface area contributed by atoms with Crippen LogP contribution in [-0.4, -0.2) is 6.54 Å². The van der Waals surface area contributed by atoms with E-state index in [-0.39, 0.29) is 11.5 Å². The van der Waals surface area contributed by atoms with Crippen molar-refractivity contribution in [3.8, 4) is 0 Å². The maximum Gasteiger partial charge on any atom is 0.0671 e. The Hall–Kier alpha value is -0.350. The van der Waals surface area contributed by atoms with Gasteiger partial charge in [-0.05, 0) is 57.7 Å². The van der Waals surface area contributed by atoms with E-state index in [0.29, 0.717) is 0 Å². The lowest BCUT2D eigenvalue weighted by Gasteiger charge is -2.19. The van der Waals surface area contributed by atoms with Gasteiger partial charge >= 0.3 is 0 Å². The van der Waals surface area contributed by atoms with Crippen LogP contribution in [0.25, 0.3) is 0 Å². The van der Waals surface area contributed by atoms with Crippen LogP contribution < -0.4 is 5.32 Å². The summed E-state index contributed by atoms with van der Waals surface area (Å²) in [6, 6.07) is 10.8. The van der Waals surface area contributed by atoms with Crippen molar-refractivity contribution in [3.63, 3.8) is 0 Å². The molecule has 0 radical (unpaired) electrons. The average Bonchev–Trinajstić information content (AvgIpc) is 2.89. The maximum atomic E-state index is 6.11. The zero-order valence-corrected chi connectivity index (χ0v) is 16.0. The highest BCUT2D eigenvalue weighted by molar-refractivity contribution is 9.10. The molecule has 1 atom stereocenters. The van der Waals surface area contributed by atoms with Crippen LogP contribution in [0.3, 0.4) is 0 Å². The number of thiophene rings is 1. The van der Waals surface area contributed by atoms with Gasteiger partial charge in [0.05, 0.1) is 11.1 Å². The predicted molar refractivity (Wildman–Crippen MR) is 97.7 cm³/mol. The quantitative estimate of drug-likeness (QED) is 0.663. The van der Waals surface area contributed by atoms with Crippen molar-refractivity contribution in [2.24, 2.45) is 0 Å². The summed E-state index contributed by atoms with van der Waals surface area (Å²) < 4.78 is 0.942. The van der Waals surface area contributed by atoms with E-state index >= 15 is 0 Å². The Morgan fingerprint density at radius 3 is 2.48 bits per heavy atom. The smallest absolute Gasteiger partial charge is 0.0671 e. The fraction of sp³-hybridized carbons (Fsp3) is 0.412. The minimum atomic E-state index is 0.195. The molecule has 0 fully saturated rings. The molecule has 1 heterocycles. The van der Waals surface area contributed by atoms with Crippen molar-refractivity contribution in [1.29, 1.82) is 0 Å². The second kappa shape index (κ2) is 6.82. The third-order valence-corrected chi connectivity index (χ3v) is 6.13. The standard InChI is InChI=1S/C17H21BrClNS/c1-5-20-16(11-6-7-13(19)12(18)10-11)14-8-9-15(21-14)17(2,3)4/h6-10,16,20H,5H2,1-4H3. The Kier molecular flexibility index (Phi) is 5.53. The van der Waals surface area contributed by atoms with E-state index in [1.165, 1.54) is 15.3 Å². The first-order chi connectivity index (χ1) is 9.82. The number of halogens is 2. The van der Waals surface area contributed by atoms with Gasteiger partial charge in [0.1, 0.15) is 0 Å². The van der Waals surface area contributed by atoms with Crippen molar-refractivity contribution >= 4 is 38.9 Å². The summed E-state index contributed by atoms with van der Waals surface area (Å²) in [6.45, 7) is 9.82. The molecule has 0 spiro atoms. The topological polar surface area (TPSA) is 12.0 Å². The van der Waals surface area contributed by atoms with E-state index in [2.05, 4.69) is 73.2 Å². The summed E-state index contributed by atoms with van der Waals surface area (Å²) in [6.07, 6.45) is 0. The van der Waals surface area contributed by atoms with Crippen LogP contribution >= 0.6 is 38.9 Å². The van der Waals surface area contributed by atoms with Crippen LogP contribution in [0.4, 0.5) is 0 Å². The summed E-state index contributed by atoms with van der Waals surface area (Å²) in [5.74, 6) is 0.